The van der Waals surface area contributed by atoms with Gasteiger partial charge in [0.1, 0.15) is 12.9 Å². The Balaban J connectivity index is 1.50. The van der Waals surface area contributed by atoms with Gasteiger partial charge in [0.15, 0.2) is 0 Å². The molecule has 2 aromatic rings. The summed E-state index contributed by atoms with van der Waals surface area (Å²) in [5.41, 5.74) is 3.44. The third-order valence-corrected chi connectivity index (χ3v) is 6.22. The molecule has 2 aliphatic rings. The fourth-order valence-electron chi connectivity index (χ4n) is 4.82. The van der Waals surface area contributed by atoms with Crippen LogP contribution in [0.3, 0.4) is 0 Å². The van der Waals surface area contributed by atoms with Gasteiger partial charge in [-0.25, -0.2) is 9.97 Å². The average molecular weight is 407 g/mol. The molecule has 3 heterocycles. The van der Waals surface area contributed by atoms with E-state index in [9.17, 15) is 5.11 Å². The number of aromatic nitrogens is 2. The van der Waals surface area contributed by atoms with E-state index in [0.717, 1.165) is 43.7 Å². The minimum atomic E-state index is 0.195. The molecule has 0 radical (unpaired) electrons. The van der Waals surface area contributed by atoms with Crippen LogP contribution in [0.15, 0.2) is 43.0 Å². The number of ether oxygens (including phenoxy) is 1. The highest BCUT2D eigenvalue weighted by Crippen LogP contribution is 2.42. The van der Waals surface area contributed by atoms with Crippen LogP contribution in [0.25, 0.3) is 0 Å². The summed E-state index contributed by atoms with van der Waals surface area (Å²) in [6, 6.07) is 9.12. The largest absolute Gasteiger partial charge is 0.395 e. The summed E-state index contributed by atoms with van der Waals surface area (Å²) in [4.78, 5) is 13.3. The maximum absolute atomic E-state index is 10.1. The molecule has 6 nitrogen and oxygen atoms in total. The van der Waals surface area contributed by atoms with Gasteiger partial charge in [0, 0.05) is 61.7 Å². The molecule has 0 saturated carbocycles. The topological polar surface area (TPSA) is 61.7 Å². The number of benzene rings is 1. The Morgan fingerprint density at radius 3 is 2.63 bits per heavy atom. The molecule has 0 amide bonds. The van der Waals surface area contributed by atoms with E-state index in [1.165, 1.54) is 12.0 Å². The lowest BCUT2D eigenvalue weighted by atomic mass is 9.74. The molecule has 158 valence electrons. The number of methoxy groups -OCH3 is 1. The van der Waals surface area contributed by atoms with Crippen LogP contribution in [-0.4, -0.2) is 76.9 Å². The van der Waals surface area contributed by atoms with Crippen LogP contribution < -0.4 is 0 Å². The highest BCUT2D eigenvalue weighted by molar-refractivity contribution is 5.39. The number of hydrogen-bond acceptors (Lipinski definition) is 6. The van der Waals surface area contributed by atoms with Crippen LogP contribution in [0.2, 0.25) is 0 Å². The minimum Gasteiger partial charge on any atom is -0.395 e. The molecule has 0 unspecified atom stereocenters. The van der Waals surface area contributed by atoms with E-state index in [0.29, 0.717) is 18.6 Å². The average Bonchev–Trinajstić information content (AvgIpc) is 2.76. The molecular weight excluding hydrogens is 376 g/mol. The van der Waals surface area contributed by atoms with E-state index in [1.54, 1.807) is 13.4 Å². The lowest BCUT2D eigenvalue weighted by Gasteiger charge is -2.57. The smallest absolute Gasteiger partial charge is 0.115 e. The van der Waals surface area contributed by atoms with Gasteiger partial charge in [0.05, 0.1) is 6.61 Å². The number of nitrogens with zero attached hydrogens (tertiary/aromatic N) is 4. The first kappa shape index (κ1) is 21.0. The molecule has 30 heavy (non-hydrogen) atoms. The lowest BCUT2D eigenvalue weighted by Crippen LogP contribution is -2.67. The Kier molecular flexibility index (Phi) is 7.08. The Labute approximate surface area is 178 Å². The molecule has 0 spiro atoms. The van der Waals surface area contributed by atoms with E-state index in [2.05, 4.69) is 55.9 Å². The molecule has 1 N–H and O–H groups in total. The Morgan fingerprint density at radius 1 is 1.13 bits per heavy atom. The zero-order valence-corrected chi connectivity index (χ0v) is 17.6. The van der Waals surface area contributed by atoms with E-state index < -0.39 is 0 Å². The molecule has 2 saturated heterocycles. The highest BCUT2D eigenvalue weighted by atomic mass is 16.5. The Morgan fingerprint density at radius 2 is 1.90 bits per heavy atom. The monoisotopic (exact) mass is 406 g/mol. The fraction of sp³-hybridized carbons (Fsp3) is 0.500. The van der Waals surface area contributed by atoms with Gasteiger partial charge in [-0.15, -0.1) is 0 Å². The number of rotatable bonds is 5. The highest BCUT2D eigenvalue weighted by Gasteiger charge is 2.48. The summed E-state index contributed by atoms with van der Waals surface area (Å²) in [5, 5.41) is 10.1. The normalized spacial score (nSPS) is 24.7. The van der Waals surface area contributed by atoms with Gasteiger partial charge in [-0.2, -0.15) is 0 Å². The maximum atomic E-state index is 10.1. The Bertz CT molecular complexity index is 862. The van der Waals surface area contributed by atoms with Crippen molar-refractivity contribution in [2.75, 3.05) is 40.0 Å². The van der Waals surface area contributed by atoms with Gasteiger partial charge in [-0.05, 0) is 43.6 Å². The molecule has 0 aliphatic carbocycles. The van der Waals surface area contributed by atoms with Crippen molar-refractivity contribution in [1.82, 2.24) is 19.8 Å². The van der Waals surface area contributed by atoms with Crippen molar-refractivity contribution in [1.29, 1.82) is 0 Å². The van der Waals surface area contributed by atoms with Crippen molar-refractivity contribution in [2.45, 2.75) is 37.4 Å². The molecule has 6 heteroatoms. The number of hydrogen-bond donors (Lipinski definition) is 1. The van der Waals surface area contributed by atoms with Crippen molar-refractivity contribution >= 4 is 0 Å². The lowest BCUT2D eigenvalue weighted by molar-refractivity contribution is -0.0655. The van der Waals surface area contributed by atoms with Gasteiger partial charge in [0.2, 0.25) is 0 Å². The van der Waals surface area contributed by atoms with Gasteiger partial charge >= 0.3 is 0 Å². The third-order valence-electron chi connectivity index (χ3n) is 6.22. The molecule has 2 fully saturated rings. The summed E-state index contributed by atoms with van der Waals surface area (Å²) in [5.74, 6) is 6.46. The van der Waals surface area contributed by atoms with E-state index in [4.69, 9.17) is 4.74 Å². The molecule has 3 atom stereocenters. The zero-order valence-electron chi connectivity index (χ0n) is 17.6. The van der Waals surface area contributed by atoms with Crippen LogP contribution in [0.5, 0.6) is 0 Å². The van der Waals surface area contributed by atoms with Gasteiger partial charge < -0.3 is 9.84 Å². The summed E-state index contributed by atoms with van der Waals surface area (Å²) in [6.45, 7) is 4.65. The van der Waals surface area contributed by atoms with Gasteiger partial charge in [-0.1, -0.05) is 24.0 Å². The Hall–Kier alpha value is -2.30. The second-order valence-electron chi connectivity index (χ2n) is 8.13. The first-order chi connectivity index (χ1) is 14.8. The van der Waals surface area contributed by atoms with Crippen molar-refractivity contribution in [2.24, 2.45) is 0 Å². The van der Waals surface area contributed by atoms with Crippen molar-refractivity contribution in [3.8, 4) is 11.8 Å². The summed E-state index contributed by atoms with van der Waals surface area (Å²) >= 11 is 0. The second kappa shape index (κ2) is 10.1. The number of aliphatic hydroxyl groups is 1. The summed E-state index contributed by atoms with van der Waals surface area (Å²) in [7, 11) is 1.65. The third kappa shape index (κ3) is 4.71. The SMILES string of the molecule is COCC#Cc1ccc([C@@H]2[C@@H](CO)N3CCCCN(Cc4cncnc4)C[C@H]23)cc1. The van der Waals surface area contributed by atoms with Crippen LogP contribution in [0.1, 0.15) is 35.4 Å². The van der Waals surface area contributed by atoms with Gasteiger partial charge in [0.25, 0.3) is 0 Å². The number of aliphatic hydroxyl groups excluding tert-OH is 1. The van der Waals surface area contributed by atoms with E-state index in [1.807, 2.05) is 12.4 Å². The quantitative estimate of drug-likeness (QED) is 0.766. The molecular formula is C24H30N4O2. The van der Waals surface area contributed by atoms with E-state index in [-0.39, 0.29) is 12.6 Å². The number of fused-ring (bicyclic) bond motifs is 1. The van der Waals surface area contributed by atoms with Crippen LogP contribution in [0, 0.1) is 11.8 Å². The molecule has 0 bridgehead atoms. The van der Waals surface area contributed by atoms with Crippen LogP contribution in [-0.2, 0) is 11.3 Å². The van der Waals surface area contributed by atoms with Gasteiger partial charge in [-0.3, -0.25) is 9.80 Å². The van der Waals surface area contributed by atoms with Crippen molar-refractivity contribution < 1.29 is 9.84 Å². The first-order valence-corrected chi connectivity index (χ1v) is 10.7. The van der Waals surface area contributed by atoms with E-state index >= 15 is 0 Å². The maximum Gasteiger partial charge on any atom is 0.115 e. The standard InChI is InChI=1S/C24H30N4O2/c1-30-12-4-5-19-6-8-21(9-7-19)24-22-16-27(15-20-13-25-18-26-14-20)10-2-3-11-28(22)23(24)17-29/h6-9,13-14,18,22-24,29H,2-3,10-12,15-17H2,1H3/t22-,23-,24+/m1/s1. The predicted molar refractivity (Wildman–Crippen MR) is 116 cm³/mol. The minimum absolute atomic E-state index is 0.195. The van der Waals surface area contributed by atoms with Crippen molar-refractivity contribution in [3.05, 3.63) is 59.7 Å². The zero-order chi connectivity index (χ0) is 20.8. The fourth-order valence-corrected chi connectivity index (χ4v) is 4.82. The molecule has 4 rings (SSSR count). The van der Waals surface area contributed by atoms with Crippen LogP contribution in [0.4, 0.5) is 0 Å². The molecule has 1 aromatic carbocycles. The summed E-state index contributed by atoms with van der Waals surface area (Å²) in [6.07, 6.45) is 7.73. The van der Waals surface area contributed by atoms with Crippen LogP contribution >= 0.6 is 0 Å². The predicted octanol–water partition coefficient (Wildman–Crippen LogP) is 1.90. The van der Waals surface area contributed by atoms with Crippen molar-refractivity contribution in [3.63, 3.8) is 0 Å². The summed E-state index contributed by atoms with van der Waals surface area (Å²) < 4.78 is 5.00. The second-order valence-corrected chi connectivity index (χ2v) is 8.13. The first-order valence-electron chi connectivity index (χ1n) is 10.7. The molecule has 2 aliphatic heterocycles. The molecule has 1 aromatic heterocycles.